The molecule has 1 aliphatic heterocycles. The van der Waals surface area contributed by atoms with E-state index in [1.807, 2.05) is 22.1 Å². The summed E-state index contributed by atoms with van der Waals surface area (Å²) in [5.41, 5.74) is 2.90. The summed E-state index contributed by atoms with van der Waals surface area (Å²) in [6.07, 6.45) is 1.69. The molecule has 3 heterocycles. The molecule has 3 rings (SSSR count). The van der Waals surface area contributed by atoms with Gasteiger partial charge in [-0.25, -0.2) is 5.48 Å². The van der Waals surface area contributed by atoms with E-state index in [1.54, 1.807) is 22.6 Å². The maximum atomic E-state index is 12.3. The van der Waals surface area contributed by atoms with Crippen LogP contribution in [0.1, 0.15) is 25.7 Å². The summed E-state index contributed by atoms with van der Waals surface area (Å²) in [4.78, 5) is 26.1. The summed E-state index contributed by atoms with van der Waals surface area (Å²) in [5, 5.41) is 10.5. The summed E-state index contributed by atoms with van der Waals surface area (Å²) in [6.45, 7) is 1.72. The third-order valence-electron chi connectivity index (χ3n) is 3.33. The van der Waals surface area contributed by atoms with Gasteiger partial charge in [-0.2, -0.15) is 0 Å². The molecule has 2 amide bonds. The first kappa shape index (κ1) is 12.9. The highest BCUT2D eigenvalue weighted by atomic mass is 32.1. The molecule has 2 N–H and O–H groups in total. The van der Waals surface area contributed by atoms with E-state index >= 15 is 0 Å². The Kier molecular flexibility index (Phi) is 3.29. The third kappa shape index (κ3) is 2.21. The van der Waals surface area contributed by atoms with Crippen molar-refractivity contribution in [1.29, 1.82) is 0 Å². The van der Waals surface area contributed by atoms with Gasteiger partial charge in [0.1, 0.15) is 0 Å². The molecule has 7 heteroatoms. The second-order valence-corrected chi connectivity index (χ2v) is 5.51. The fourth-order valence-electron chi connectivity index (χ4n) is 2.32. The molecule has 0 atom stereocenters. The Balaban J connectivity index is 1.80. The first-order valence-electron chi connectivity index (χ1n) is 6.15. The molecule has 0 aliphatic carbocycles. The average Bonchev–Trinajstić information content (AvgIpc) is 3.13. The lowest BCUT2D eigenvalue weighted by atomic mass is 10.2. The highest BCUT2D eigenvalue weighted by molar-refractivity contribution is 7.12. The molecule has 0 fully saturated rings. The Hall–Kier alpha value is -2.12. The summed E-state index contributed by atoms with van der Waals surface area (Å²) in [5.74, 6) is -0.524. The monoisotopic (exact) mass is 291 g/mol. The molecule has 2 aromatic heterocycles. The molecule has 0 bridgehead atoms. The lowest BCUT2D eigenvalue weighted by Gasteiger charge is -2.28. The first-order chi connectivity index (χ1) is 9.69. The van der Waals surface area contributed by atoms with Crippen molar-refractivity contribution in [2.24, 2.45) is 0 Å². The number of carbonyl (C=O) groups excluding carboxylic acids is 2. The smallest absolute Gasteiger partial charge is 0.276 e. The van der Waals surface area contributed by atoms with Crippen molar-refractivity contribution in [2.75, 3.05) is 6.54 Å². The van der Waals surface area contributed by atoms with Crippen LogP contribution in [0, 0.1) is 0 Å². The number of thiophene rings is 1. The molecule has 6 nitrogen and oxygen atoms in total. The normalized spacial score (nSPS) is 13.9. The van der Waals surface area contributed by atoms with Crippen molar-refractivity contribution in [3.05, 3.63) is 45.9 Å². The summed E-state index contributed by atoms with van der Waals surface area (Å²) < 4.78 is 1.93. The second kappa shape index (κ2) is 5.10. The van der Waals surface area contributed by atoms with Gasteiger partial charge in [-0.15, -0.1) is 11.3 Å². The SMILES string of the molecule is O=C(NO)c1cc2n(c1)CCN(C(=O)c1cccs1)C2. The maximum absolute atomic E-state index is 12.3. The molecule has 0 aromatic carbocycles. The second-order valence-electron chi connectivity index (χ2n) is 4.56. The molecule has 0 radical (unpaired) electrons. The van der Waals surface area contributed by atoms with E-state index in [0.717, 1.165) is 10.6 Å². The number of hydrogen-bond donors (Lipinski definition) is 2. The van der Waals surface area contributed by atoms with E-state index in [2.05, 4.69) is 0 Å². The summed E-state index contributed by atoms with van der Waals surface area (Å²) in [7, 11) is 0. The molecule has 2 aromatic rings. The van der Waals surface area contributed by atoms with E-state index in [-0.39, 0.29) is 5.91 Å². The van der Waals surface area contributed by atoms with Gasteiger partial charge in [0.25, 0.3) is 11.8 Å². The van der Waals surface area contributed by atoms with Crippen LogP contribution in [0.2, 0.25) is 0 Å². The highest BCUT2D eigenvalue weighted by Gasteiger charge is 2.23. The predicted molar refractivity (Wildman–Crippen MR) is 72.7 cm³/mol. The highest BCUT2D eigenvalue weighted by Crippen LogP contribution is 2.20. The minimum absolute atomic E-state index is 0.0145. The van der Waals surface area contributed by atoms with Gasteiger partial charge in [0.15, 0.2) is 0 Å². The quantitative estimate of drug-likeness (QED) is 0.647. The van der Waals surface area contributed by atoms with Crippen LogP contribution in [-0.2, 0) is 13.1 Å². The first-order valence-corrected chi connectivity index (χ1v) is 7.03. The lowest BCUT2D eigenvalue weighted by molar-refractivity contribution is 0.0703. The molecular weight excluding hydrogens is 278 g/mol. The van der Waals surface area contributed by atoms with Crippen LogP contribution in [0.25, 0.3) is 0 Å². The Labute approximate surface area is 119 Å². The van der Waals surface area contributed by atoms with Crippen molar-refractivity contribution in [3.63, 3.8) is 0 Å². The van der Waals surface area contributed by atoms with Crippen molar-refractivity contribution in [3.8, 4) is 0 Å². The van der Waals surface area contributed by atoms with Crippen molar-refractivity contribution >= 4 is 23.2 Å². The molecule has 1 aliphatic rings. The topological polar surface area (TPSA) is 74.6 Å². The van der Waals surface area contributed by atoms with Crippen molar-refractivity contribution in [2.45, 2.75) is 13.1 Å². The zero-order chi connectivity index (χ0) is 14.1. The Morgan fingerprint density at radius 3 is 2.90 bits per heavy atom. The van der Waals surface area contributed by atoms with E-state index in [0.29, 0.717) is 25.2 Å². The number of carbonyl (C=O) groups is 2. The van der Waals surface area contributed by atoms with E-state index in [9.17, 15) is 9.59 Å². The van der Waals surface area contributed by atoms with Crippen LogP contribution in [0.3, 0.4) is 0 Å². The average molecular weight is 291 g/mol. The number of nitrogens with zero attached hydrogens (tertiary/aromatic N) is 2. The van der Waals surface area contributed by atoms with Gasteiger partial charge in [0.2, 0.25) is 0 Å². The number of hydrogen-bond acceptors (Lipinski definition) is 4. The standard InChI is InChI=1S/C13H13N3O3S/c17-12(14-19)9-6-10-8-16(4-3-15(10)7-9)13(18)11-2-1-5-20-11/h1-2,5-7,19H,3-4,8H2,(H,14,17). The summed E-state index contributed by atoms with van der Waals surface area (Å²) >= 11 is 1.42. The third-order valence-corrected chi connectivity index (χ3v) is 4.19. The molecule has 0 unspecified atom stereocenters. The minimum Gasteiger partial charge on any atom is -0.347 e. The minimum atomic E-state index is -0.539. The summed E-state index contributed by atoms with van der Waals surface area (Å²) in [6, 6.07) is 5.36. The number of fused-ring (bicyclic) bond motifs is 1. The number of rotatable bonds is 2. The fourth-order valence-corrected chi connectivity index (χ4v) is 3.01. The molecule has 0 saturated carbocycles. The van der Waals surface area contributed by atoms with Gasteiger partial charge in [0.05, 0.1) is 17.0 Å². The van der Waals surface area contributed by atoms with Gasteiger partial charge >= 0.3 is 0 Å². The number of aromatic nitrogens is 1. The zero-order valence-corrected chi connectivity index (χ0v) is 11.4. The van der Waals surface area contributed by atoms with E-state index in [1.165, 1.54) is 11.3 Å². The van der Waals surface area contributed by atoms with Crippen LogP contribution in [0.4, 0.5) is 0 Å². The molecule has 0 spiro atoms. The number of amides is 2. The van der Waals surface area contributed by atoms with Crippen molar-refractivity contribution in [1.82, 2.24) is 14.9 Å². The predicted octanol–water partition coefficient (Wildman–Crippen LogP) is 1.32. The van der Waals surface area contributed by atoms with Gasteiger partial charge in [-0.3, -0.25) is 14.8 Å². The Morgan fingerprint density at radius 1 is 1.35 bits per heavy atom. The number of hydroxylamine groups is 1. The largest absolute Gasteiger partial charge is 0.347 e. The zero-order valence-electron chi connectivity index (χ0n) is 10.6. The maximum Gasteiger partial charge on any atom is 0.276 e. The van der Waals surface area contributed by atoms with Crippen LogP contribution in [0.15, 0.2) is 29.8 Å². The van der Waals surface area contributed by atoms with Crippen molar-refractivity contribution < 1.29 is 14.8 Å². The fraction of sp³-hybridized carbons (Fsp3) is 0.231. The molecule has 20 heavy (non-hydrogen) atoms. The van der Waals surface area contributed by atoms with Gasteiger partial charge in [0, 0.05) is 25.0 Å². The lowest BCUT2D eigenvalue weighted by Crippen LogP contribution is -2.37. The molecular formula is C13H13N3O3S. The Bertz CT molecular complexity index is 648. The van der Waals surface area contributed by atoms with Crippen LogP contribution in [-0.4, -0.2) is 33.0 Å². The molecule has 104 valence electrons. The van der Waals surface area contributed by atoms with Gasteiger partial charge in [-0.1, -0.05) is 6.07 Å². The van der Waals surface area contributed by atoms with Gasteiger partial charge < -0.3 is 9.47 Å². The molecule has 0 saturated heterocycles. The van der Waals surface area contributed by atoms with E-state index in [4.69, 9.17) is 5.21 Å². The van der Waals surface area contributed by atoms with Crippen LogP contribution < -0.4 is 5.48 Å². The number of nitrogens with one attached hydrogen (secondary N) is 1. The van der Waals surface area contributed by atoms with Gasteiger partial charge in [-0.05, 0) is 17.5 Å². The van der Waals surface area contributed by atoms with Crippen LogP contribution >= 0.6 is 11.3 Å². The van der Waals surface area contributed by atoms with Crippen LogP contribution in [0.5, 0.6) is 0 Å². The Morgan fingerprint density at radius 2 is 2.20 bits per heavy atom. The van der Waals surface area contributed by atoms with E-state index < -0.39 is 5.91 Å².